The monoisotopic (exact) mass is 423 g/mol. The smallest absolute Gasteiger partial charge is 0.465 e. The molecule has 0 aliphatic rings. The van der Waals surface area contributed by atoms with E-state index in [4.69, 9.17) is 5.11 Å². The van der Waals surface area contributed by atoms with Crippen molar-refractivity contribution < 1.29 is 38.0 Å². The Kier molecular flexibility index (Phi) is 6.04. The normalized spacial score (nSPS) is 12.6. The van der Waals surface area contributed by atoms with Crippen LogP contribution >= 0.6 is 0 Å². The lowest BCUT2D eigenvalue weighted by molar-refractivity contribution is -0.274. The van der Waals surface area contributed by atoms with Crippen LogP contribution in [-0.4, -0.2) is 44.4 Å². The number of amides is 1. The number of rotatable bonds is 6. The van der Waals surface area contributed by atoms with Crippen molar-refractivity contribution >= 4 is 17.1 Å². The van der Waals surface area contributed by atoms with E-state index in [-0.39, 0.29) is 17.6 Å². The number of nitrogens with one attached hydrogen (secondary N) is 1. The van der Waals surface area contributed by atoms with Crippen LogP contribution in [0.1, 0.15) is 17.2 Å². The highest BCUT2D eigenvalue weighted by atomic mass is 19.4. The molecule has 3 rings (SSSR count). The maximum Gasteiger partial charge on any atom is 0.573 e. The van der Waals surface area contributed by atoms with Crippen LogP contribution in [0, 0.1) is 0 Å². The van der Waals surface area contributed by atoms with Gasteiger partial charge in [0.25, 0.3) is 0 Å². The summed E-state index contributed by atoms with van der Waals surface area (Å²) >= 11 is 0. The van der Waals surface area contributed by atoms with Crippen LogP contribution in [0.5, 0.6) is 5.75 Å². The van der Waals surface area contributed by atoms with Gasteiger partial charge in [0.15, 0.2) is 0 Å². The number of hydrogen-bond donors (Lipinski definition) is 4. The van der Waals surface area contributed by atoms with Gasteiger partial charge in [-0.2, -0.15) is 0 Å². The van der Waals surface area contributed by atoms with Gasteiger partial charge in [0.05, 0.1) is 17.6 Å². The zero-order valence-corrected chi connectivity index (χ0v) is 15.2. The predicted molar refractivity (Wildman–Crippen MR) is 98.6 cm³/mol. The molecule has 0 unspecified atom stereocenters. The second kappa shape index (κ2) is 8.51. The molecule has 4 N–H and O–H groups in total. The van der Waals surface area contributed by atoms with E-state index in [9.17, 15) is 28.2 Å². The number of aliphatic hydroxyl groups excluding tert-OH is 2. The second-order valence-corrected chi connectivity index (χ2v) is 6.18. The molecule has 0 radical (unpaired) electrons. The molecular weight excluding hydrogens is 407 g/mol. The van der Waals surface area contributed by atoms with Crippen molar-refractivity contribution in [3.8, 4) is 16.9 Å². The number of hydrogen-bond acceptors (Lipinski definition) is 6. The number of fused-ring (bicyclic) bond motifs is 1. The molecule has 1 atom stereocenters. The SMILES string of the molecule is O=C(O)NCc1cc(-c2ccc(OC(F)(F)F)cc2)c2nccnc2c1[C@@H](O)CO. The molecule has 2 aromatic carbocycles. The van der Waals surface area contributed by atoms with Crippen molar-refractivity contribution in [2.75, 3.05) is 6.61 Å². The first kappa shape index (κ1) is 21.3. The molecule has 1 amide bonds. The summed E-state index contributed by atoms with van der Waals surface area (Å²) in [7, 11) is 0. The van der Waals surface area contributed by atoms with E-state index in [1.165, 1.54) is 24.5 Å². The van der Waals surface area contributed by atoms with Crippen molar-refractivity contribution in [3.63, 3.8) is 0 Å². The second-order valence-electron chi connectivity index (χ2n) is 6.18. The standard InChI is InChI=1S/C19H16F3N3O5/c20-19(21,22)30-12-3-1-10(2-4-12)13-7-11(8-25-18(28)29)15(14(27)9-26)17-16(13)23-5-6-24-17/h1-7,14,25-27H,8-9H2,(H,28,29)/t14-/m0/s1. The Bertz CT molecular complexity index is 1060. The number of alkyl halides is 3. The summed E-state index contributed by atoms with van der Waals surface area (Å²) in [5, 5.41) is 30.8. The maximum atomic E-state index is 12.4. The van der Waals surface area contributed by atoms with Gasteiger partial charge >= 0.3 is 12.5 Å². The minimum absolute atomic E-state index is 0.198. The summed E-state index contributed by atoms with van der Waals surface area (Å²) < 4.78 is 41.0. The topological polar surface area (TPSA) is 125 Å². The fourth-order valence-corrected chi connectivity index (χ4v) is 3.04. The molecule has 8 nitrogen and oxygen atoms in total. The average molecular weight is 423 g/mol. The lowest BCUT2D eigenvalue weighted by Gasteiger charge is -2.18. The van der Waals surface area contributed by atoms with Crippen LogP contribution in [0.3, 0.4) is 0 Å². The summed E-state index contributed by atoms with van der Waals surface area (Å²) in [6.45, 7) is -0.828. The quantitative estimate of drug-likeness (QED) is 0.480. The van der Waals surface area contributed by atoms with E-state index in [0.717, 1.165) is 12.1 Å². The van der Waals surface area contributed by atoms with Crippen LogP contribution in [0.15, 0.2) is 42.7 Å². The van der Waals surface area contributed by atoms with Crippen LogP contribution in [0.2, 0.25) is 0 Å². The fraction of sp³-hybridized carbons (Fsp3) is 0.211. The highest BCUT2D eigenvalue weighted by Gasteiger charge is 2.31. The lowest BCUT2D eigenvalue weighted by Crippen LogP contribution is -2.22. The molecule has 1 heterocycles. The predicted octanol–water partition coefficient (Wildman–Crippen LogP) is 2.99. The van der Waals surface area contributed by atoms with E-state index >= 15 is 0 Å². The third-order valence-corrected chi connectivity index (χ3v) is 4.21. The van der Waals surface area contributed by atoms with E-state index in [2.05, 4.69) is 20.0 Å². The molecule has 1 aromatic heterocycles. The Hall–Kier alpha value is -3.44. The van der Waals surface area contributed by atoms with Gasteiger partial charge in [0.2, 0.25) is 0 Å². The molecule has 0 spiro atoms. The zero-order chi connectivity index (χ0) is 21.9. The van der Waals surface area contributed by atoms with Crippen molar-refractivity contribution in [2.45, 2.75) is 19.0 Å². The van der Waals surface area contributed by atoms with E-state index < -0.39 is 30.9 Å². The van der Waals surface area contributed by atoms with Gasteiger partial charge in [-0.15, -0.1) is 13.2 Å². The molecule has 0 bridgehead atoms. The Labute approximate surface area is 167 Å². The maximum absolute atomic E-state index is 12.4. The zero-order valence-electron chi connectivity index (χ0n) is 15.2. The number of benzene rings is 2. The summed E-state index contributed by atoms with van der Waals surface area (Å²) in [5.74, 6) is -0.401. The van der Waals surface area contributed by atoms with Gasteiger partial charge in [-0.1, -0.05) is 12.1 Å². The number of halogens is 3. The Morgan fingerprint density at radius 2 is 1.77 bits per heavy atom. The van der Waals surface area contributed by atoms with Gasteiger partial charge in [0.1, 0.15) is 11.9 Å². The van der Waals surface area contributed by atoms with Crippen LogP contribution in [0.25, 0.3) is 22.2 Å². The molecule has 3 aromatic rings. The minimum atomic E-state index is -4.82. The Morgan fingerprint density at radius 3 is 2.33 bits per heavy atom. The number of carbonyl (C=O) groups is 1. The summed E-state index contributed by atoms with van der Waals surface area (Å²) in [6.07, 6.45) is -4.69. The molecule has 158 valence electrons. The van der Waals surface area contributed by atoms with Gasteiger partial charge in [-0.25, -0.2) is 4.79 Å². The van der Waals surface area contributed by atoms with Crippen molar-refractivity contribution in [3.05, 3.63) is 53.9 Å². The summed E-state index contributed by atoms with van der Waals surface area (Å²) in [5.41, 5.74) is 2.01. The summed E-state index contributed by atoms with van der Waals surface area (Å²) in [4.78, 5) is 19.4. The minimum Gasteiger partial charge on any atom is -0.465 e. The highest BCUT2D eigenvalue weighted by molar-refractivity contribution is 5.94. The molecule has 0 saturated heterocycles. The van der Waals surface area contributed by atoms with Gasteiger partial charge < -0.3 is 25.4 Å². The molecular formula is C19H16F3N3O5. The van der Waals surface area contributed by atoms with Crippen molar-refractivity contribution in [2.24, 2.45) is 0 Å². The van der Waals surface area contributed by atoms with Crippen molar-refractivity contribution in [1.29, 1.82) is 0 Å². The highest BCUT2D eigenvalue weighted by Crippen LogP contribution is 2.35. The third kappa shape index (κ3) is 4.75. The third-order valence-electron chi connectivity index (χ3n) is 4.21. The Morgan fingerprint density at radius 1 is 1.13 bits per heavy atom. The van der Waals surface area contributed by atoms with Gasteiger partial charge in [-0.3, -0.25) is 9.97 Å². The number of nitrogens with zero attached hydrogens (tertiary/aromatic N) is 2. The fourth-order valence-electron chi connectivity index (χ4n) is 3.04. The number of carboxylic acid groups (broad SMARTS) is 1. The molecule has 0 saturated carbocycles. The molecule has 0 fully saturated rings. The van der Waals surface area contributed by atoms with Crippen LogP contribution in [-0.2, 0) is 6.54 Å². The first-order valence-corrected chi connectivity index (χ1v) is 8.58. The van der Waals surface area contributed by atoms with Crippen LogP contribution < -0.4 is 10.1 Å². The number of ether oxygens (including phenoxy) is 1. The van der Waals surface area contributed by atoms with Crippen molar-refractivity contribution in [1.82, 2.24) is 15.3 Å². The molecule has 11 heteroatoms. The number of aliphatic hydroxyl groups is 2. The van der Waals surface area contributed by atoms with E-state index in [1.807, 2.05) is 0 Å². The molecule has 0 aliphatic heterocycles. The first-order valence-electron chi connectivity index (χ1n) is 8.58. The first-order chi connectivity index (χ1) is 14.2. The van der Waals surface area contributed by atoms with Crippen LogP contribution in [0.4, 0.5) is 18.0 Å². The van der Waals surface area contributed by atoms with E-state index in [1.54, 1.807) is 6.07 Å². The largest absolute Gasteiger partial charge is 0.573 e. The van der Waals surface area contributed by atoms with Gasteiger partial charge in [0, 0.05) is 30.1 Å². The Balaban J connectivity index is 2.15. The summed E-state index contributed by atoms with van der Waals surface area (Å²) in [6, 6.07) is 6.59. The molecule has 30 heavy (non-hydrogen) atoms. The van der Waals surface area contributed by atoms with Gasteiger partial charge in [-0.05, 0) is 29.3 Å². The molecule has 0 aliphatic carbocycles. The van der Waals surface area contributed by atoms with E-state index in [0.29, 0.717) is 22.2 Å². The number of aromatic nitrogens is 2. The average Bonchev–Trinajstić information content (AvgIpc) is 2.70. The lowest BCUT2D eigenvalue weighted by atomic mass is 9.93.